The molecule has 2 atom stereocenters. The molecule has 2 aromatic carbocycles. The number of carbonyl (C=O) groups excluding carboxylic acids is 2. The van der Waals surface area contributed by atoms with Gasteiger partial charge < -0.3 is 10.6 Å². The van der Waals surface area contributed by atoms with Gasteiger partial charge in [-0.1, -0.05) is 49.2 Å². The maximum atomic E-state index is 12.3. The number of nitrogens with one attached hydrogen (secondary N) is 4. The van der Waals surface area contributed by atoms with Gasteiger partial charge >= 0.3 is 0 Å². The van der Waals surface area contributed by atoms with Crippen molar-refractivity contribution in [2.45, 2.75) is 37.8 Å². The van der Waals surface area contributed by atoms with E-state index >= 15 is 0 Å². The van der Waals surface area contributed by atoms with Crippen LogP contribution in [-0.4, -0.2) is 34.1 Å². The normalized spacial score (nSPS) is 18.0. The van der Waals surface area contributed by atoms with E-state index in [0.29, 0.717) is 11.1 Å². The Morgan fingerprint density at radius 3 is 1.40 bits per heavy atom. The molecular weight excluding hydrogens is 416 g/mol. The molecule has 1 fully saturated rings. The van der Waals surface area contributed by atoms with Gasteiger partial charge in [0, 0.05) is 23.2 Å². The fourth-order valence-electron chi connectivity index (χ4n) is 3.41. The zero-order valence-electron chi connectivity index (χ0n) is 16.4. The molecule has 0 heterocycles. The quantitative estimate of drug-likeness (QED) is 0.548. The van der Waals surface area contributed by atoms with Gasteiger partial charge in [0.15, 0.2) is 10.2 Å². The molecule has 8 heteroatoms. The molecule has 0 radical (unpaired) electrons. The van der Waals surface area contributed by atoms with E-state index in [2.05, 4.69) is 21.3 Å². The molecule has 30 heavy (non-hydrogen) atoms. The standard InChI is InChI=1S/C22H24N4O2S2/c27-19(15-9-3-1-4-10-15)25-21(29)23-17-13-7-8-14-18(17)24-22(30)26-20(28)16-11-5-2-6-12-16/h1-6,9-12,17-18H,7-8,13-14H2,(H2,23,25,27,29)(H2,24,26,28,30). The molecule has 0 bridgehead atoms. The number of benzene rings is 2. The zero-order chi connectivity index (χ0) is 21.3. The van der Waals surface area contributed by atoms with Gasteiger partial charge in [0.2, 0.25) is 0 Å². The van der Waals surface area contributed by atoms with E-state index < -0.39 is 0 Å². The molecule has 0 aromatic heterocycles. The van der Waals surface area contributed by atoms with Crippen LogP contribution in [0, 0.1) is 0 Å². The fourth-order valence-corrected chi connectivity index (χ4v) is 3.90. The SMILES string of the molecule is O=C(NC(=S)NC1CCCCC1NC(=S)NC(=O)c1ccccc1)c1ccccc1. The predicted octanol–water partition coefficient (Wildman–Crippen LogP) is 2.91. The first-order valence-electron chi connectivity index (χ1n) is 9.87. The van der Waals surface area contributed by atoms with Crippen molar-refractivity contribution in [1.29, 1.82) is 0 Å². The Morgan fingerprint density at radius 1 is 0.667 bits per heavy atom. The lowest BCUT2D eigenvalue weighted by molar-refractivity contribution is 0.0967. The van der Waals surface area contributed by atoms with Crippen molar-refractivity contribution in [3.05, 3.63) is 71.8 Å². The molecule has 156 valence electrons. The van der Waals surface area contributed by atoms with E-state index in [0.717, 1.165) is 25.7 Å². The second kappa shape index (κ2) is 10.8. The maximum absolute atomic E-state index is 12.3. The Balaban J connectivity index is 1.52. The highest BCUT2D eigenvalue weighted by molar-refractivity contribution is 7.80. The average molecular weight is 441 g/mol. The van der Waals surface area contributed by atoms with Crippen molar-refractivity contribution < 1.29 is 9.59 Å². The molecule has 1 aliphatic carbocycles. The smallest absolute Gasteiger partial charge is 0.257 e. The predicted molar refractivity (Wildman–Crippen MR) is 125 cm³/mol. The van der Waals surface area contributed by atoms with Crippen LogP contribution in [0.4, 0.5) is 0 Å². The van der Waals surface area contributed by atoms with E-state index in [4.69, 9.17) is 24.4 Å². The van der Waals surface area contributed by atoms with E-state index in [1.165, 1.54) is 0 Å². The van der Waals surface area contributed by atoms with Crippen molar-refractivity contribution in [1.82, 2.24) is 21.3 Å². The molecule has 0 spiro atoms. The Bertz CT molecular complexity index is 830. The molecule has 1 saturated carbocycles. The van der Waals surface area contributed by atoms with Crippen LogP contribution >= 0.6 is 24.4 Å². The maximum Gasteiger partial charge on any atom is 0.257 e. The summed E-state index contributed by atoms with van der Waals surface area (Å²) in [6.45, 7) is 0. The van der Waals surface area contributed by atoms with E-state index in [1.54, 1.807) is 48.5 Å². The third-order valence-corrected chi connectivity index (χ3v) is 5.36. The lowest BCUT2D eigenvalue weighted by Crippen LogP contribution is -2.57. The summed E-state index contributed by atoms with van der Waals surface area (Å²) in [6.07, 6.45) is 3.87. The van der Waals surface area contributed by atoms with E-state index in [9.17, 15) is 9.59 Å². The topological polar surface area (TPSA) is 82.3 Å². The second-order valence-electron chi connectivity index (χ2n) is 7.08. The molecule has 2 aromatic rings. The summed E-state index contributed by atoms with van der Waals surface area (Å²) in [7, 11) is 0. The molecule has 0 saturated heterocycles. The average Bonchev–Trinajstić information content (AvgIpc) is 2.76. The highest BCUT2D eigenvalue weighted by atomic mass is 32.1. The third-order valence-electron chi connectivity index (χ3n) is 4.93. The largest absolute Gasteiger partial charge is 0.358 e. The zero-order valence-corrected chi connectivity index (χ0v) is 18.0. The monoisotopic (exact) mass is 440 g/mol. The first-order valence-corrected chi connectivity index (χ1v) is 10.7. The lowest BCUT2D eigenvalue weighted by atomic mass is 9.90. The van der Waals surface area contributed by atoms with E-state index in [1.807, 2.05) is 12.1 Å². The van der Waals surface area contributed by atoms with Crippen LogP contribution in [0.5, 0.6) is 0 Å². The molecule has 2 unspecified atom stereocenters. The van der Waals surface area contributed by atoms with Gasteiger partial charge in [0.25, 0.3) is 11.8 Å². The summed E-state index contributed by atoms with van der Waals surface area (Å²) in [5, 5.41) is 12.5. The van der Waals surface area contributed by atoms with Gasteiger partial charge in [-0.05, 0) is 61.5 Å². The van der Waals surface area contributed by atoms with Crippen LogP contribution < -0.4 is 21.3 Å². The first-order chi connectivity index (χ1) is 14.5. The molecule has 6 nitrogen and oxygen atoms in total. The summed E-state index contributed by atoms with van der Waals surface area (Å²) in [6, 6.07) is 17.8. The van der Waals surface area contributed by atoms with Crippen LogP contribution in [0.3, 0.4) is 0 Å². The Labute approximate surface area is 186 Å². The van der Waals surface area contributed by atoms with Crippen molar-refractivity contribution in [3.63, 3.8) is 0 Å². The molecular formula is C22H24N4O2S2. The highest BCUT2D eigenvalue weighted by Gasteiger charge is 2.27. The molecule has 0 aliphatic heterocycles. The van der Waals surface area contributed by atoms with Crippen molar-refractivity contribution in [2.24, 2.45) is 0 Å². The Hall–Kier alpha value is -2.84. The molecule has 1 aliphatic rings. The minimum Gasteiger partial charge on any atom is -0.358 e. The van der Waals surface area contributed by atoms with Crippen LogP contribution in [0.2, 0.25) is 0 Å². The lowest BCUT2D eigenvalue weighted by Gasteiger charge is -2.34. The van der Waals surface area contributed by atoms with Gasteiger partial charge in [0.1, 0.15) is 0 Å². The number of amides is 2. The van der Waals surface area contributed by atoms with Crippen LogP contribution in [-0.2, 0) is 0 Å². The third kappa shape index (κ3) is 6.33. The Kier molecular flexibility index (Phi) is 7.87. The summed E-state index contributed by atoms with van der Waals surface area (Å²) < 4.78 is 0. The fraction of sp³-hybridized carbons (Fsp3) is 0.273. The Morgan fingerprint density at radius 2 is 1.03 bits per heavy atom. The van der Waals surface area contributed by atoms with Crippen LogP contribution in [0.25, 0.3) is 0 Å². The first kappa shape index (κ1) is 21.9. The summed E-state index contributed by atoms with van der Waals surface area (Å²) in [4.78, 5) is 24.6. The molecule has 2 amide bonds. The van der Waals surface area contributed by atoms with Gasteiger partial charge in [-0.2, -0.15) is 0 Å². The van der Waals surface area contributed by atoms with E-state index in [-0.39, 0.29) is 34.1 Å². The van der Waals surface area contributed by atoms with Crippen LogP contribution in [0.15, 0.2) is 60.7 Å². The number of hydrogen-bond acceptors (Lipinski definition) is 4. The van der Waals surface area contributed by atoms with Crippen molar-refractivity contribution in [3.8, 4) is 0 Å². The number of thiocarbonyl (C=S) groups is 2. The van der Waals surface area contributed by atoms with Crippen LogP contribution in [0.1, 0.15) is 46.4 Å². The summed E-state index contributed by atoms with van der Waals surface area (Å²) in [5.74, 6) is -0.502. The van der Waals surface area contributed by atoms with Gasteiger partial charge in [-0.3, -0.25) is 20.2 Å². The molecule has 3 rings (SSSR count). The van der Waals surface area contributed by atoms with Gasteiger partial charge in [0.05, 0.1) is 0 Å². The second-order valence-corrected chi connectivity index (χ2v) is 7.90. The number of rotatable bonds is 4. The molecule has 4 N–H and O–H groups in total. The number of hydrogen-bond donors (Lipinski definition) is 4. The van der Waals surface area contributed by atoms with Gasteiger partial charge in [-0.15, -0.1) is 0 Å². The van der Waals surface area contributed by atoms with Crippen molar-refractivity contribution >= 4 is 46.5 Å². The minimum atomic E-state index is -0.251. The highest BCUT2D eigenvalue weighted by Crippen LogP contribution is 2.18. The van der Waals surface area contributed by atoms with Gasteiger partial charge in [-0.25, -0.2) is 0 Å². The minimum absolute atomic E-state index is 0.00565. The number of carbonyl (C=O) groups is 2. The van der Waals surface area contributed by atoms with Crippen molar-refractivity contribution in [2.75, 3.05) is 0 Å². The summed E-state index contributed by atoms with van der Waals surface area (Å²) >= 11 is 10.7. The summed E-state index contributed by atoms with van der Waals surface area (Å²) in [5.41, 5.74) is 1.09.